The Morgan fingerprint density at radius 1 is 2.18 bits per heavy atom. The molecule has 0 aliphatic heterocycles. The van der Waals surface area contributed by atoms with Gasteiger partial charge in [-0.25, -0.2) is 4.98 Å². The fraction of sp³-hybridized carbons (Fsp3) is 0.429. The van der Waals surface area contributed by atoms with Crippen molar-refractivity contribution in [3.05, 3.63) is 18.2 Å². The third-order valence-electron chi connectivity index (χ3n) is 1.41. The zero-order valence-electron chi connectivity index (χ0n) is 9.19. The van der Waals surface area contributed by atoms with Crippen LogP contribution in [0.3, 0.4) is 0 Å². The lowest BCUT2D eigenvalue weighted by Crippen LogP contribution is -2.25. The number of nitrogens with two attached hydrogens (primary N) is 1. The zero-order chi connectivity index (χ0) is 10.8. The van der Waals surface area contributed by atoms with E-state index in [2.05, 4.69) is 4.98 Å². The number of carbonyl (C=O) groups is 1. The fourth-order valence-electron chi connectivity index (χ4n) is 0.782. The standard InChI is InChI=1S/C7H11N3O/c1-10-5-9-3-7(10)2-6(8)4-11/h3-6H,2,8H2,1H3/t6-/m0/s1/i6D/hD2. The van der Waals surface area contributed by atoms with Crippen molar-refractivity contribution >= 4 is 6.29 Å². The van der Waals surface area contributed by atoms with Crippen molar-refractivity contribution in [1.82, 2.24) is 9.55 Å². The Labute approximate surface area is 69.4 Å². The second-order valence-electron chi connectivity index (χ2n) is 2.28. The summed E-state index contributed by atoms with van der Waals surface area (Å²) in [6, 6.07) is -1.87. The summed E-state index contributed by atoms with van der Waals surface area (Å²) in [5.74, 6) is 0. The van der Waals surface area contributed by atoms with Crippen LogP contribution in [-0.2, 0) is 18.3 Å². The molecule has 0 fully saturated rings. The molecule has 1 aromatic heterocycles. The van der Waals surface area contributed by atoms with Crippen LogP contribution in [0.5, 0.6) is 0 Å². The smallest absolute Gasteiger partial charge is 0.137 e. The van der Waals surface area contributed by atoms with Crippen LogP contribution in [0.15, 0.2) is 12.5 Å². The number of hydrogen-bond acceptors (Lipinski definition) is 3. The monoisotopic (exact) mass is 156 g/mol. The summed E-state index contributed by atoms with van der Waals surface area (Å²) in [4.78, 5) is 14.4. The number of aldehydes is 1. The molecule has 0 unspecified atom stereocenters. The average molecular weight is 156 g/mol. The topological polar surface area (TPSA) is 60.9 Å². The number of rotatable bonds is 4. The molecule has 2 N–H and O–H groups in total. The van der Waals surface area contributed by atoms with E-state index in [4.69, 9.17) is 4.19 Å². The van der Waals surface area contributed by atoms with Crippen LogP contribution in [-0.4, -0.2) is 21.9 Å². The summed E-state index contributed by atoms with van der Waals surface area (Å²) in [7, 11) is 1.73. The highest BCUT2D eigenvalue weighted by atomic mass is 16.1. The maximum Gasteiger partial charge on any atom is 0.137 e. The van der Waals surface area contributed by atoms with Crippen LogP contribution >= 0.6 is 0 Å². The minimum Gasteiger partial charge on any atom is -0.338 e. The molecule has 1 aromatic rings. The molecule has 1 rings (SSSR count). The van der Waals surface area contributed by atoms with E-state index in [1.165, 1.54) is 6.20 Å². The number of aryl methyl sites for hydroxylation is 1. The third kappa shape index (κ3) is 1.88. The van der Waals surface area contributed by atoms with E-state index in [1.54, 1.807) is 17.9 Å². The van der Waals surface area contributed by atoms with Gasteiger partial charge in [0.2, 0.25) is 0 Å². The van der Waals surface area contributed by atoms with E-state index in [1.807, 2.05) is 0 Å². The normalized spacial score (nSPS) is 20.0. The van der Waals surface area contributed by atoms with E-state index < -0.39 is 6.02 Å². The summed E-state index contributed by atoms with van der Waals surface area (Å²) in [5, 5.41) is 0. The number of carbonyl (C=O) groups excluding carboxylic acids is 1. The van der Waals surface area contributed by atoms with Crippen molar-refractivity contribution in [2.45, 2.75) is 12.4 Å². The molecule has 0 radical (unpaired) electrons. The highest BCUT2D eigenvalue weighted by Crippen LogP contribution is 1.98. The van der Waals surface area contributed by atoms with E-state index in [0.29, 0.717) is 5.69 Å². The first kappa shape index (κ1) is 4.66. The van der Waals surface area contributed by atoms with Crippen molar-refractivity contribution in [3.63, 3.8) is 0 Å². The minimum absolute atomic E-state index is 0.0278. The summed E-state index contributed by atoms with van der Waals surface area (Å²) < 4.78 is 23.1. The van der Waals surface area contributed by atoms with Crippen molar-refractivity contribution in [1.29, 1.82) is 0 Å². The van der Waals surface area contributed by atoms with E-state index in [-0.39, 0.29) is 18.4 Å². The largest absolute Gasteiger partial charge is 0.338 e. The summed E-state index contributed by atoms with van der Waals surface area (Å²) in [6.45, 7) is 0. The Kier molecular flexibility index (Phi) is 1.40. The van der Waals surface area contributed by atoms with E-state index >= 15 is 0 Å². The van der Waals surface area contributed by atoms with Gasteiger partial charge in [-0.1, -0.05) is 0 Å². The van der Waals surface area contributed by atoms with Crippen molar-refractivity contribution in [3.8, 4) is 0 Å². The van der Waals surface area contributed by atoms with Gasteiger partial charge in [0.15, 0.2) is 0 Å². The second-order valence-corrected chi connectivity index (χ2v) is 2.28. The van der Waals surface area contributed by atoms with Crippen LogP contribution in [0.25, 0.3) is 0 Å². The van der Waals surface area contributed by atoms with E-state index in [0.717, 1.165) is 0 Å². The van der Waals surface area contributed by atoms with Gasteiger partial charge in [0.05, 0.1) is 13.7 Å². The number of hydrogen-bond donors (Lipinski definition) is 1. The van der Waals surface area contributed by atoms with Crippen molar-refractivity contribution < 1.29 is 8.99 Å². The molecule has 0 aliphatic rings. The molecule has 0 aromatic carbocycles. The van der Waals surface area contributed by atoms with Crippen molar-refractivity contribution in [2.75, 3.05) is 0 Å². The molecule has 4 heteroatoms. The predicted molar refractivity (Wildman–Crippen MR) is 41.0 cm³/mol. The van der Waals surface area contributed by atoms with Crippen LogP contribution < -0.4 is 5.72 Å². The number of nitrogens with zero attached hydrogens (tertiary/aromatic N) is 2. The molecule has 1 atom stereocenters. The molecule has 0 amide bonds. The molecule has 0 saturated heterocycles. The maximum atomic E-state index is 10.6. The lowest BCUT2D eigenvalue weighted by Gasteiger charge is -2.03. The van der Waals surface area contributed by atoms with Crippen LogP contribution in [0.1, 0.15) is 7.06 Å². The van der Waals surface area contributed by atoms with Gasteiger partial charge < -0.3 is 15.1 Å². The van der Waals surface area contributed by atoms with Gasteiger partial charge in [0.1, 0.15) is 9.11 Å². The Bertz CT molecular complexity index is 328. The molecule has 60 valence electrons. The van der Waals surface area contributed by atoms with Gasteiger partial charge in [-0.3, -0.25) is 0 Å². The van der Waals surface area contributed by atoms with Crippen LogP contribution in [0.2, 0.25) is 2.82 Å². The molecule has 0 bridgehead atoms. The molecule has 0 spiro atoms. The highest BCUT2D eigenvalue weighted by Gasteiger charge is 2.04. The van der Waals surface area contributed by atoms with Gasteiger partial charge in [-0.2, -0.15) is 0 Å². The minimum atomic E-state index is -1.87. The SMILES string of the molecule is [2H]N([2H])[C@]([2H])(C=O)Cc1cncn1C. The lowest BCUT2D eigenvalue weighted by atomic mass is 10.2. The fourth-order valence-corrected chi connectivity index (χ4v) is 0.782. The zero-order valence-corrected chi connectivity index (χ0v) is 6.19. The first-order valence-corrected chi connectivity index (χ1v) is 3.19. The summed E-state index contributed by atoms with van der Waals surface area (Å²) >= 11 is 0. The summed E-state index contributed by atoms with van der Waals surface area (Å²) in [6.07, 6.45) is 3.30. The first-order chi connectivity index (χ1) is 6.49. The third-order valence-corrected chi connectivity index (χ3v) is 1.41. The lowest BCUT2D eigenvalue weighted by molar-refractivity contribution is -0.108. The van der Waals surface area contributed by atoms with Gasteiger partial charge in [0.25, 0.3) is 0 Å². The van der Waals surface area contributed by atoms with Gasteiger partial charge in [-0.15, -0.1) is 0 Å². The first-order valence-electron chi connectivity index (χ1n) is 4.58. The summed E-state index contributed by atoms with van der Waals surface area (Å²) in [5.41, 5.74) is 0.726. The van der Waals surface area contributed by atoms with Gasteiger partial charge >= 0.3 is 0 Å². The van der Waals surface area contributed by atoms with Crippen molar-refractivity contribution in [2.24, 2.45) is 12.8 Å². The Hall–Kier alpha value is -1.16. The molecular weight excluding hydrogens is 142 g/mol. The molecular formula is C7H11N3O. The van der Waals surface area contributed by atoms with Crippen LogP contribution in [0, 0.1) is 0 Å². The van der Waals surface area contributed by atoms with Gasteiger partial charge in [0, 0.05) is 25.4 Å². The average Bonchev–Trinajstić information content (AvgIpc) is 2.51. The molecule has 0 aliphatic carbocycles. The molecule has 0 saturated carbocycles. The van der Waals surface area contributed by atoms with E-state index in [9.17, 15) is 4.79 Å². The van der Waals surface area contributed by atoms with Gasteiger partial charge in [-0.05, 0) is 0 Å². The molecule has 1 heterocycles. The Morgan fingerprint density at radius 2 is 3.00 bits per heavy atom. The molecule has 11 heavy (non-hydrogen) atoms. The number of aromatic nitrogens is 2. The quantitative estimate of drug-likeness (QED) is 0.597. The highest BCUT2D eigenvalue weighted by molar-refractivity contribution is 5.57. The second kappa shape index (κ2) is 3.30. The predicted octanol–water partition coefficient (Wildman–Crippen LogP) is -0.511. The Balaban J connectivity index is 2.86. The maximum absolute atomic E-state index is 10.6. The number of imidazole rings is 1. The van der Waals surface area contributed by atoms with Crippen LogP contribution in [0.4, 0.5) is 0 Å². The Morgan fingerprint density at radius 3 is 3.45 bits per heavy atom. The molecule has 4 nitrogen and oxygen atoms in total.